The molecule has 0 aromatic carbocycles. The third-order valence-corrected chi connectivity index (χ3v) is 5.63. The Kier molecular flexibility index (Phi) is 8.47. The minimum absolute atomic E-state index is 0.0539. The molecule has 1 aromatic heterocycles. The largest absolute Gasteiger partial charge is 0.490 e. The van der Waals surface area contributed by atoms with Gasteiger partial charge in [0.2, 0.25) is 5.88 Å². The standard InChI is InChI=1S/C17H27N5O3.C2HF3O2/c1-21(2)16(23)20-13-11-25-9-6-17(13)4-7-22(8-5-17)14-10-15(24-3)19-12-18-14;3-2(4,5)1(6)7/h10,12-13H,4-9,11H2,1-3H3,(H,20,23);(H,6,7). The van der Waals surface area contributed by atoms with Crippen molar-refractivity contribution in [3.8, 4) is 5.88 Å². The first kappa shape index (κ1) is 25.4. The molecule has 13 heteroatoms. The molecule has 3 rings (SSSR count). The molecule has 3 heterocycles. The fourth-order valence-corrected chi connectivity index (χ4v) is 3.69. The van der Waals surface area contributed by atoms with Gasteiger partial charge >= 0.3 is 18.2 Å². The van der Waals surface area contributed by atoms with Gasteiger partial charge in [0, 0.05) is 39.9 Å². The van der Waals surface area contributed by atoms with Crippen molar-refractivity contribution in [3.05, 3.63) is 12.4 Å². The number of piperidine rings is 1. The number of nitrogens with one attached hydrogen (secondary N) is 1. The minimum atomic E-state index is -5.08. The highest BCUT2D eigenvalue weighted by Crippen LogP contribution is 2.41. The highest BCUT2D eigenvalue weighted by Gasteiger charge is 2.44. The average Bonchev–Trinajstić information content (AvgIpc) is 2.75. The lowest BCUT2D eigenvalue weighted by Gasteiger charge is -2.49. The molecule has 2 aliphatic rings. The molecule has 2 amide bonds. The van der Waals surface area contributed by atoms with Crippen molar-refractivity contribution in [2.75, 3.05) is 52.4 Å². The second kappa shape index (κ2) is 10.7. The van der Waals surface area contributed by atoms with E-state index in [1.807, 2.05) is 6.07 Å². The summed E-state index contributed by atoms with van der Waals surface area (Å²) in [6, 6.07) is 1.86. The molecule has 10 nitrogen and oxygen atoms in total. The molecule has 1 unspecified atom stereocenters. The first-order chi connectivity index (χ1) is 15.0. The van der Waals surface area contributed by atoms with E-state index in [2.05, 4.69) is 20.2 Å². The van der Waals surface area contributed by atoms with Crippen LogP contribution >= 0.6 is 0 Å². The van der Waals surface area contributed by atoms with Crippen LogP contribution in [0.3, 0.4) is 0 Å². The van der Waals surface area contributed by atoms with Crippen LogP contribution in [0, 0.1) is 5.41 Å². The molecule has 1 spiro atoms. The molecule has 180 valence electrons. The molecule has 2 saturated heterocycles. The number of alkyl halides is 3. The molecule has 1 atom stereocenters. The number of anilines is 1. The van der Waals surface area contributed by atoms with Crippen molar-refractivity contribution in [1.82, 2.24) is 20.2 Å². The van der Waals surface area contributed by atoms with E-state index in [9.17, 15) is 18.0 Å². The van der Waals surface area contributed by atoms with E-state index in [1.165, 1.54) is 6.33 Å². The average molecular weight is 463 g/mol. The lowest BCUT2D eigenvalue weighted by Crippen LogP contribution is -2.59. The van der Waals surface area contributed by atoms with Crippen LogP contribution in [0.5, 0.6) is 5.88 Å². The number of halogens is 3. The number of nitrogens with zero attached hydrogens (tertiary/aromatic N) is 4. The Balaban J connectivity index is 0.000000451. The summed E-state index contributed by atoms with van der Waals surface area (Å²) in [5.41, 5.74) is 0.0948. The molecule has 32 heavy (non-hydrogen) atoms. The van der Waals surface area contributed by atoms with Crippen LogP contribution in [-0.2, 0) is 9.53 Å². The molecule has 1 aromatic rings. The Hall–Kier alpha value is -2.83. The third kappa shape index (κ3) is 6.58. The maximum absolute atomic E-state index is 12.1. The summed E-state index contributed by atoms with van der Waals surface area (Å²) in [6.07, 6.45) is -0.568. The maximum Gasteiger partial charge on any atom is 0.490 e. The Morgan fingerprint density at radius 1 is 1.28 bits per heavy atom. The van der Waals surface area contributed by atoms with Gasteiger partial charge in [-0.15, -0.1) is 0 Å². The summed E-state index contributed by atoms with van der Waals surface area (Å²) in [5.74, 6) is -1.29. The van der Waals surface area contributed by atoms with Crippen molar-refractivity contribution >= 4 is 17.8 Å². The Morgan fingerprint density at radius 2 is 1.91 bits per heavy atom. The van der Waals surface area contributed by atoms with Crippen LogP contribution in [0.4, 0.5) is 23.8 Å². The van der Waals surface area contributed by atoms with Crippen LogP contribution in [0.1, 0.15) is 19.3 Å². The van der Waals surface area contributed by atoms with Gasteiger partial charge < -0.3 is 29.7 Å². The van der Waals surface area contributed by atoms with Gasteiger partial charge in [-0.25, -0.2) is 19.6 Å². The smallest absolute Gasteiger partial charge is 0.481 e. The number of aromatic nitrogens is 2. The van der Waals surface area contributed by atoms with Gasteiger partial charge in [-0.1, -0.05) is 0 Å². The summed E-state index contributed by atoms with van der Waals surface area (Å²) in [5, 5.41) is 10.3. The van der Waals surface area contributed by atoms with E-state index >= 15 is 0 Å². The SMILES string of the molecule is COc1cc(N2CCC3(CCOCC3NC(=O)N(C)C)CC2)ncn1.O=C(O)C(F)(F)F. The van der Waals surface area contributed by atoms with Crippen LogP contribution in [0.15, 0.2) is 12.4 Å². The number of hydrogen-bond donors (Lipinski definition) is 2. The zero-order valence-electron chi connectivity index (χ0n) is 18.2. The quantitative estimate of drug-likeness (QED) is 0.697. The number of amides is 2. The van der Waals surface area contributed by atoms with Gasteiger partial charge in [0.15, 0.2) is 0 Å². The Morgan fingerprint density at radius 3 is 2.44 bits per heavy atom. The molecular weight excluding hydrogens is 435 g/mol. The van der Waals surface area contributed by atoms with Crippen molar-refractivity contribution in [2.24, 2.45) is 5.41 Å². The third-order valence-electron chi connectivity index (χ3n) is 5.63. The summed E-state index contributed by atoms with van der Waals surface area (Å²) in [7, 11) is 5.13. The van der Waals surface area contributed by atoms with Crippen LogP contribution in [0.2, 0.25) is 0 Å². The number of carboxylic acids is 1. The number of carboxylic acid groups (broad SMARTS) is 1. The van der Waals surface area contributed by atoms with Crippen molar-refractivity contribution in [1.29, 1.82) is 0 Å². The fourth-order valence-electron chi connectivity index (χ4n) is 3.69. The van der Waals surface area contributed by atoms with E-state index in [0.717, 1.165) is 44.8 Å². The van der Waals surface area contributed by atoms with Gasteiger partial charge in [-0.05, 0) is 24.7 Å². The van der Waals surface area contributed by atoms with E-state index < -0.39 is 12.1 Å². The van der Waals surface area contributed by atoms with Gasteiger partial charge in [0.05, 0.1) is 19.8 Å². The highest BCUT2D eigenvalue weighted by atomic mass is 19.4. The number of carbonyl (C=O) groups excluding carboxylic acids is 1. The molecule has 2 aliphatic heterocycles. The van der Waals surface area contributed by atoms with Crippen LogP contribution < -0.4 is 15.0 Å². The minimum Gasteiger partial charge on any atom is -0.481 e. The summed E-state index contributed by atoms with van der Waals surface area (Å²) >= 11 is 0. The van der Waals surface area contributed by atoms with E-state index in [-0.39, 0.29) is 17.5 Å². The van der Waals surface area contributed by atoms with Crippen LogP contribution in [-0.4, -0.2) is 91.7 Å². The highest BCUT2D eigenvalue weighted by molar-refractivity contribution is 5.74. The van der Waals surface area contributed by atoms with Gasteiger partial charge in [-0.3, -0.25) is 0 Å². The molecule has 0 radical (unpaired) electrons. The lowest BCUT2D eigenvalue weighted by atomic mass is 9.69. The molecule has 0 aliphatic carbocycles. The van der Waals surface area contributed by atoms with Crippen molar-refractivity contribution in [3.63, 3.8) is 0 Å². The molecule has 2 N–H and O–H groups in total. The van der Waals surface area contributed by atoms with Crippen molar-refractivity contribution < 1.29 is 37.3 Å². The number of rotatable bonds is 3. The molecular formula is C19H28F3N5O5. The monoisotopic (exact) mass is 463 g/mol. The van der Waals surface area contributed by atoms with Gasteiger partial charge in [0.25, 0.3) is 0 Å². The van der Waals surface area contributed by atoms with Gasteiger partial charge in [0.1, 0.15) is 12.1 Å². The first-order valence-electron chi connectivity index (χ1n) is 9.95. The summed E-state index contributed by atoms with van der Waals surface area (Å²) in [4.78, 5) is 33.3. The molecule has 2 fully saturated rings. The molecule has 0 saturated carbocycles. The second-order valence-corrected chi connectivity index (χ2v) is 7.79. The normalized spacial score (nSPS) is 20.1. The number of methoxy groups -OCH3 is 1. The van der Waals surface area contributed by atoms with E-state index in [0.29, 0.717) is 12.5 Å². The predicted molar refractivity (Wildman–Crippen MR) is 108 cm³/mol. The van der Waals surface area contributed by atoms with Crippen LogP contribution in [0.25, 0.3) is 0 Å². The Labute approximate surface area is 183 Å². The number of urea groups is 1. The van der Waals surface area contributed by atoms with Crippen molar-refractivity contribution in [2.45, 2.75) is 31.5 Å². The first-order valence-corrected chi connectivity index (χ1v) is 9.95. The Bertz CT molecular complexity index is 785. The number of aliphatic carboxylic acids is 1. The van der Waals surface area contributed by atoms with E-state index in [4.69, 9.17) is 19.4 Å². The second-order valence-electron chi connectivity index (χ2n) is 7.79. The predicted octanol–water partition coefficient (Wildman–Crippen LogP) is 1.77. The molecule has 0 bridgehead atoms. The zero-order valence-corrected chi connectivity index (χ0v) is 18.2. The number of hydrogen-bond acceptors (Lipinski definition) is 7. The zero-order chi connectivity index (χ0) is 23.9. The summed E-state index contributed by atoms with van der Waals surface area (Å²) < 4.78 is 42.6. The summed E-state index contributed by atoms with van der Waals surface area (Å²) in [6.45, 7) is 3.14. The number of carbonyl (C=O) groups is 2. The van der Waals surface area contributed by atoms with Gasteiger partial charge in [-0.2, -0.15) is 13.2 Å². The maximum atomic E-state index is 12.1. The number of ether oxygens (including phenoxy) is 2. The van der Waals surface area contributed by atoms with E-state index in [1.54, 1.807) is 26.1 Å². The lowest BCUT2D eigenvalue weighted by molar-refractivity contribution is -0.192. The fraction of sp³-hybridized carbons (Fsp3) is 0.684. The topological polar surface area (TPSA) is 117 Å².